The van der Waals surface area contributed by atoms with E-state index >= 15 is 0 Å². The number of benzene rings is 1. The van der Waals surface area contributed by atoms with E-state index in [1.54, 1.807) is 0 Å². The van der Waals surface area contributed by atoms with Crippen molar-refractivity contribution in [1.29, 1.82) is 5.26 Å². The molecule has 96 valence electrons. The fourth-order valence-corrected chi connectivity index (χ4v) is 2.36. The Morgan fingerprint density at radius 1 is 1.39 bits per heavy atom. The van der Waals surface area contributed by atoms with Gasteiger partial charge in [0.05, 0.1) is 11.6 Å². The molecule has 0 heterocycles. The van der Waals surface area contributed by atoms with Crippen LogP contribution in [0.4, 0.5) is 0 Å². The van der Waals surface area contributed by atoms with E-state index < -0.39 is 0 Å². The molecule has 0 amide bonds. The van der Waals surface area contributed by atoms with Gasteiger partial charge in [-0.15, -0.1) is 0 Å². The summed E-state index contributed by atoms with van der Waals surface area (Å²) in [5.41, 5.74) is 3.27. The number of rotatable bonds is 7. The summed E-state index contributed by atoms with van der Waals surface area (Å²) in [6.07, 6.45) is 2.19. The van der Waals surface area contributed by atoms with Crippen molar-refractivity contribution in [3.63, 3.8) is 0 Å². The van der Waals surface area contributed by atoms with Gasteiger partial charge in [-0.1, -0.05) is 29.8 Å². The molecule has 0 aromatic heterocycles. The Balaban J connectivity index is 2.18. The van der Waals surface area contributed by atoms with Gasteiger partial charge in [0.15, 0.2) is 0 Å². The van der Waals surface area contributed by atoms with Crippen LogP contribution in [0.1, 0.15) is 25.0 Å². The van der Waals surface area contributed by atoms with Crippen molar-refractivity contribution in [2.24, 2.45) is 0 Å². The van der Waals surface area contributed by atoms with E-state index in [1.807, 2.05) is 36.0 Å². The zero-order valence-corrected chi connectivity index (χ0v) is 11.9. The molecule has 2 nitrogen and oxygen atoms in total. The predicted molar refractivity (Wildman–Crippen MR) is 79.6 cm³/mol. The summed E-state index contributed by atoms with van der Waals surface area (Å²) in [5, 5.41) is 12.3. The van der Waals surface area contributed by atoms with E-state index in [0.29, 0.717) is 0 Å². The number of nitriles is 1. The fraction of sp³-hybridized carbons (Fsp3) is 0.400. The number of hydrogen-bond acceptors (Lipinski definition) is 3. The highest BCUT2D eigenvalue weighted by Crippen LogP contribution is 2.15. The summed E-state index contributed by atoms with van der Waals surface area (Å²) in [7, 11) is 0. The van der Waals surface area contributed by atoms with Gasteiger partial charge in [-0.2, -0.15) is 17.0 Å². The van der Waals surface area contributed by atoms with E-state index in [9.17, 15) is 0 Å². The molecule has 0 atom stereocenters. The maximum absolute atomic E-state index is 8.97. The first-order valence-electron chi connectivity index (χ1n) is 6.14. The molecule has 1 aromatic carbocycles. The molecule has 0 aliphatic heterocycles. The minimum absolute atomic E-state index is 0.794. The van der Waals surface area contributed by atoms with Crippen molar-refractivity contribution in [3.05, 3.63) is 47.0 Å². The van der Waals surface area contributed by atoms with Crippen LogP contribution in [-0.2, 0) is 5.75 Å². The summed E-state index contributed by atoms with van der Waals surface area (Å²) in [5.74, 6) is 1.98. The van der Waals surface area contributed by atoms with Gasteiger partial charge in [-0.25, -0.2) is 0 Å². The number of nitrogens with one attached hydrogen (secondary N) is 1. The van der Waals surface area contributed by atoms with E-state index in [0.717, 1.165) is 35.7 Å². The van der Waals surface area contributed by atoms with Gasteiger partial charge in [-0.05, 0) is 25.5 Å². The summed E-state index contributed by atoms with van der Waals surface area (Å²) in [6, 6.07) is 10.0. The normalized spacial score (nSPS) is 9.83. The van der Waals surface area contributed by atoms with E-state index in [-0.39, 0.29) is 0 Å². The zero-order chi connectivity index (χ0) is 13.2. The molecule has 1 aromatic rings. The van der Waals surface area contributed by atoms with Gasteiger partial charge in [0.2, 0.25) is 0 Å². The monoisotopic (exact) mass is 260 g/mol. The highest BCUT2D eigenvalue weighted by Gasteiger charge is 1.99. The average Bonchev–Trinajstić information content (AvgIpc) is 2.37. The third kappa shape index (κ3) is 5.90. The van der Waals surface area contributed by atoms with Crippen LogP contribution in [0.3, 0.4) is 0 Å². The van der Waals surface area contributed by atoms with Crippen LogP contribution in [0.15, 0.2) is 35.9 Å². The van der Waals surface area contributed by atoms with Crippen molar-refractivity contribution in [2.45, 2.75) is 19.6 Å². The molecule has 0 fully saturated rings. The first-order chi connectivity index (χ1) is 8.74. The first kappa shape index (κ1) is 14.8. The Morgan fingerprint density at radius 2 is 2.17 bits per heavy atom. The van der Waals surface area contributed by atoms with Crippen LogP contribution in [0, 0.1) is 11.3 Å². The highest BCUT2D eigenvalue weighted by atomic mass is 32.2. The van der Waals surface area contributed by atoms with E-state index in [1.165, 1.54) is 5.57 Å². The number of hydrogen-bond donors (Lipinski definition) is 1. The lowest BCUT2D eigenvalue weighted by molar-refractivity contribution is 0.802. The van der Waals surface area contributed by atoms with Crippen LogP contribution < -0.4 is 5.32 Å². The minimum Gasteiger partial charge on any atom is -0.312 e. The quantitative estimate of drug-likeness (QED) is 0.603. The lowest BCUT2D eigenvalue weighted by atomic mass is 10.1. The lowest BCUT2D eigenvalue weighted by Gasteiger charge is -2.04. The van der Waals surface area contributed by atoms with Crippen LogP contribution in [0.5, 0.6) is 0 Å². The van der Waals surface area contributed by atoms with Crippen LogP contribution >= 0.6 is 11.8 Å². The molecule has 0 radical (unpaired) electrons. The molecule has 0 aliphatic rings. The van der Waals surface area contributed by atoms with Crippen molar-refractivity contribution in [2.75, 3.05) is 18.8 Å². The zero-order valence-electron chi connectivity index (χ0n) is 11.1. The van der Waals surface area contributed by atoms with E-state index in [2.05, 4.69) is 31.3 Å². The molecule has 0 saturated carbocycles. The fourth-order valence-electron chi connectivity index (χ4n) is 1.46. The third-order valence-electron chi connectivity index (χ3n) is 2.47. The maximum atomic E-state index is 8.97. The predicted octanol–water partition coefficient (Wildman–Crippen LogP) is 3.35. The molecule has 0 bridgehead atoms. The summed E-state index contributed by atoms with van der Waals surface area (Å²) < 4.78 is 0. The molecule has 0 saturated heterocycles. The number of nitrogens with zero attached hydrogens (tertiary/aromatic N) is 1. The molecule has 0 aliphatic carbocycles. The second-order valence-corrected chi connectivity index (χ2v) is 5.41. The van der Waals surface area contributed by atoms with Crippen molar-refractivity contribution in [1.82, 2.24) is 5.32 Å². The van der Waals surface area contributed by atoms with Crippen LogP contribution in [0.2, 0.25) is 0 Å². The summed E-state index contributed by atoms with van der Waals surface area (Å²) >= 11 is 1.86. The van der Waals surface area contributed by atoms with E-state index in [4.69, 9.17) is 5.26 Å². The smallest absolute Gasteiger partial charge is 0.0994 e. The van der Waals surface area contributed by atoms with Gasteiger partial charge in [0.1, 0.15) is 0 Å². The van der Waals surface area contributed by atoms with Gasteiger partial charge in [0.25, 0.3) is 0 Å². The van der Waals surface area contributed by atoms with Gasteiger partial charge >= 0.3 is 0 Å². The lowest BCUT2D eigenvalue weighted by Crippen LogP contribution is -2.17. The van der Waals surface area contributed by atoms with Crippen molar-refractivity contribution in [3.8, 4) is 6.07 Å². The standard InChI is InChI=1S/C15H20N2S/c1-13(2)7-8-17-9-10-18-12-15-6-4-3-5-14(15)11-16/h3-7,17H,8-10,12H2,1-2H3. The largest absolute Gasteiger partial charge is 0.312 e. The van der Waals surface area contributed by atoms with Gasteiger partial charge < -0.3 is 5.32 Å². The second kappa shape index (κ2) is 8.79. The maximum Gasteiger partial charge on any atom is 0.0994 e. The Bertz CT molecular complexity index is 428. The molecule has 3 heteroatoms. The SMILES string of the molecule is CC(C)=CCNCCSCc1ccccc1C#N. The Hall–Kier alpha value is -1.24. The number of allylic oxidation sites excluding steroid dienone is 1. The summed E-state index contributed by atoms with van der Waals surface area (Å²) in [4.78, 5) is 0. The van der Waals surface area contributed by atoms with Crippen molar-refractivity contribution < 1.29 is 0 Å². The molecule has 18 heavy (non-hydrogen) atoms. The average molecular weight is 260 g/mol. The van der Waals surface area contributed by atoms with Crippen LogP contribution in [-0.4, -0.2) is 18.8 Å². The number of thioether (sulfide) groups is 1. The highest BCUT2D eigenvalue weighted by molar-refractivity contribution is 7.98. The Kier molecular flexibility index (Phi) is 7.24. The molecular weight excluding hydrogens is 240 g/mol. The molecule has 0 spiro atoms. The Morgan fingerprint density at radius 3 is 2.89 bits per heavy atom. The third-order valence-corrected chi connectivity index (χ3v) is 3.48. The second-order valence-electron chi connectivity index (χ2n) is 4.31. The molecule has 1 rings (SSSR count). The molecular formula is C15H20N2S. The molecule has 0 unspecified atom stereocenters. The Labute approximate surface area is 114 Å². The molecule has 1 N–H and O–H groups in total. The first-order valence-corrected chi connectivity index (χ1v) is 7.29. The minimum atomic E-state index is 0.794. The topological polar surface area (TPSA) is 35.8 Å². The van der Waals surface area contributed by atoms with Crippen molar-refractivity contribution >= 4 is 11.8 Å². The van der Waals surface area contributed by atoms with Gasteiger partial charge in [0, 0.05) is 24.6 Å². The van der Waals surface area contributed by atoms with Gasteiger partial charge in [-0.3, -0.25) is 0 Å². The van der Waals surface area contributed by atoms with Crippen LogP contribution in [0.25, 0.3) is 0 Å². The summed E-state index contributed by atoms with van der Waals surface area (Å²) in [6.45, 7) is 6.16.